The Morgan fingerprint density at radius 2 is 1.58 bits per heavy atom. The van der Waals surface area contributed by atoms with Gasteiger partial charge in [0.25, 0.3) is 0 Å². The Hall–Kier alpha value is -1.67. The second kappa shape index (κ2) is 6.81. The molecular weight excluding hydrogens is 321 g/mol. The van der Waals surface area contributed by atoms with Crippen LogP contribution in [0.1, 0.15) is 50.0 Å². The first kappa shape index (κ1) is 16.5. The SMILES string of the molecule is Fc1ccc(-c2ccccc2C2CCN([C@H]3C[C@H]4CCC3C4)CC2)cc1. The van der Waals surface area contributed by atoms with Crippen LogP contribution in [-0.2, 0) is 0 Å². The highest BCUT2D eigenvalue weighted by atomic mass is 19.1. The van der Waals surface area contributed by atoms with E-state index in [2.05, 4.69) is 29.2 Å². The molecule has 0 radical (unpaired) electrons. The van der Waals surface area contributed by atoms with Gasteiger partial charge in [-0.3, -0.25) is 0 Å². The molecule has 26 heavy (non-hydrogen) atoms. The van der Waals surface area contributed by atoms with Gasteiger partial charge in [0.2, 0.25) is 0 Å². The van der Waals surface area contributed by atoms with Crippen LogP contribution in [0.15, 0.2) is 48.5 Å². The third-order valence-corrected chi connectivity index (χ3v) is 7.26. The molecule has 1 aliphatic heterocycles. The minimum Gasteiger partial charge on any atom is -0.300 e. The van der Waals surface area contributed by atoms with Gasteiger partial charge in [-0.15, -0.1) is 0 Å². The van der Waals surface area contributed by atoms with E-state index in [-0.39, 0.29) is 5.82 Å². The molecular formula is C24H28FN. The Labute approximate surface area is 156 Å². The van der Waals surface area contributed by atoms with Crippen LogP contribution in [0, 0.1) is 17.7 Å². The highest BCUT2D eigenvalue weighted by Gasteiger charge is 2.42. The van der Waals surface area contributed by atoms with Crippen molar-refractivity contribution in [3.8, 4) is 11.1 Å². The summed E-state index contributed by atoms with van der Waals surface area (Å²) in [4.78, 5) is 2.81. The summed E-state index contributed by atoms with van der Waals surface area (Å²) in [6.07, 6.45) is 8.43. The van der Waals surface area contributed by atoms with Crippen molar-refractivity contribution in [1.29, 1.82) is 0 Å². The normalized spacial score (nSPS) is 29.3. The number of likely N-dealkylation sites (tertiary alicyclic amines) is 1. The molecule has 1 heterocycles. The van der Waals surface area contributed by atoms with Crippen LogP contribution in [-0.4, -0.2) is 24.0 Å². The smallest absolute Gasteiger partial charge is 0.123 e. The topological polar surface area (TPSA) is 3.24 Å². The Kier molecular flexibility index (Phi) is 4.32. The summed E-state index contributed by atoms with van der Waals surface area (Å²) >= 11 is 0. The second-order valence-corrected chi connectivity index (χ2v) is 8.65. The number of benzene rings is 2. The molecule has 0 amide bonds. The van der Waals surface area contributed by atoms with Gasteiger partial charge in [0, 0.05) is 6.04 Å². The van der Waals surface area contributed by atoms with Crippen LogP contribution in [0.2, 0.25) is 0 Å². The van der Waals surface area contributed by atoms with E-state index in [9.17, 15) is 4.39 Å². The van der Waals surface area contributed by atoms with Gasteiger partial charge in [-0.05, 0) is 91.8 Å². The minimum atomic E-state index is -0.162. The summed E-state index contributed by atoms with van der Waals surface area (Å²) < 4.78 is 13.3. The fourth-order valence-corrected chi connectivity index (χ4v) is 5.95. The first-order chi connectivity index (χ1) is 12.8. The van der Waals surface area contributed by atoms with E-state index in [1.807, 2.05) is 12.1 Å². The molecule has 3 aliphatic rings. The maximum absolute atomic E-state index is 13.3. The Bertz CT molecular complexity index is 760. The van der Waals surface area contributed by atoms with Crippen molar-refractivity contribution in [2.75, 3.05) is 13.1 Å². The van der Waals surface area contributed by atoms with Crippen molar-refractivity contribution >= 4 is 0 Å². The molecule has 1 nitrogen and oxygen atoms in total. The number of rotatable bonds is 3. The lowest BCUT2D eigenvalue weighted by molar-refractivity contribution is 0.111. The third kappa shape index (κ3) is 2.99. The molecule has 2 bridgehead atoms. The molecule has 2 saturated carbocycles. The Balaban J connectivity index is 1.32. The zero-order valence-electron chi connectivity index (χ0n) is 15.4. The van der Waals surface area contributed by atoms with Crippen molar-refractivity contribution in [1.82, 2.24) is 4.90 Å². The van der Waals surface area contributed by atoms with E-state index in [0.717, 1.165) is 23.4 Å². The lowest BCUT2D eigenvalue weighted by atomic mass is 9.83. The van der Waals surface area contributed by atoms with Crippen LogP contribution in [0.3, 0.4) is 0 Å². The molecule has 1 unspecified atom stereocenters. The number of hydrogen-bond donors (Lipinski definition) is 0. The first-order valence-corrected chi connectivity index (χ1v) is 10.4. The minimum absolute atomic E-state index is 0.162. The summed E-state index contributed by atoms with van der Waals surface area (Å²) in [6.45, 7) is 2.49. The van der Waals surface area contributed by atoms with E-state index in [1.165, 1.54) is 62.7 Å². The average molecular weight is 349 g/mol. The fourth-order valence-electron chi connectivity index (χ4n) is 5.95. The number of nitrogens with zero attached hydrogens (tertiary/aromatic N) is 1. The zero-order chi connectivity index (χ0) is 17.5. The molecule has 3 atom stereocenters. The van der Waals surface area contributed by atoms with Crippen LogP contribution >= 0.6 is 0 Å². The molecule has 136 valence electrons. The maximum atomic E-state index is 13.3. The second-order valence-electron chi connectivity index (χ2n) is 8.65. The molecule has 1 saturated heterocycles. The molecule has 5 rings (SSSR count). The van der Waals surface area contributed by atoms with Crippen molar-refractivity contribution in [2.24, 2.45) is 11.8 Å². The number of halogens is 1. The summed E-state index contributed by atoms with van der Waals surface area (Å²) in [5, 5.41) is 0. The number of fused-ring (bicyclic) bond motifs is 2. The monoisotopic (exact) mass is 349 g/mol. The summed E-state index contributed by atoms with van der Waals surface area (Å²) in [5.41, 5.74) is 3.87. The molecule has 0 N–H and O–H groups in total. The lowest BCUT2D eigenvalue weighted by Gasteiger charge is -2.40. The third-order valence-electron chi connectivity index (χ3n) is 7.26. The van der Waals surface area contributed by atoms with Gasteiger partial charge in [-0.25, -0.2) is 4.39 Å². The Morgan fingerprint density at radius 1 is 0.808 bits per heavy atom. The van der Waals surface area contributed by atoms with Crippen molar-refractivity contribution in [3.63, 3.8) is 0 Å². The van der Waals surface area contributed by atoms with Crippen molar-refractivity contribution in [2.45, 2.75) is 50.5 Å². The molecule has 2 aromatic rings. The van der Waals surface area contributed by atoms with E-state index >= 15 is 0 Å². The first-order valence-electron chi connectivity index (χ1n) is 10.4. The summed E-state index contributed by atoms with van der Waals surface area (Å²) in [5.74, 6) is 2.49. The molecule has 0 aromatic heterocycles. The molecule has 2 heteroatoms. The lowest BCUT2D eigenvalue weighted by Crippen LogP contribution is -2.43. The van der Waals surface area contributed by atoms with Gasteiger partial charge in [0.05, 0.1) is 0 Å². The van der Waals surface area contributed by atoms with Crippen LogP contribution < -0.4 is 0 Å². The average Bonchev–Trinajstić information content (AvgIpc) is 3.32. The van der Waals surface area contributed by atoms with Crippen LogP contribution in [0.4, 0.5) is 4.39 Å². The van der Waals surface area contributed by atoms with Crippen molar-refractivity contribution in [3.05, 3.63) is 59.9 Å². The highest BCUT2D eigenvalue weighted by Crippen LogP contribution is 2.47. The Morgan fingerprint density at radius 3 is 2.27 bits per heavy atom. The summed E-state index contributed by atoms with van der Waals surface area (Å²) in [7, 11) is 0. The maximum Gasteiger partial charge on any atom is 0.123 e. The molecule has 2 aliphatic carbocycles. The van der Waals surface area contributed by atoms with Gasteiger partial charge in [-0.1, -0.05) is 42.8 Å². The number of hydrogen-bond acceptors (Lipinski definition) is 1. The van der Waals surface area contributed by atoms with E-state index in [1.54, 1.807) is 12.1 Å². The highest BCUT2D eigenvalue weighted by molar-refractivity contribution is 5.68. The zero-order valence-corrected chi connectivity index (χ0v) is 15.4. The van der Waals surface area contributed by atoms with Crippen molar-refractivity contribution < 1.29 is 4.39 Å². The van der Waals surface area contributed by atoms with Gasteiger partial charge in [0.1, 0.15) is 5.82 Å². The fraction of sp³-hybridized carbons (Fsp3) is 0.500. The van der Waals surface area contributed by atoms with Gasteiger partial charge in [-0.2, -0.15) is 0 Å². The quantitative estimate of drug-likeness (QED) is 0.671. The largest absolute Gasteiger partial charge is 0.300 e. The van der Waals surface area contributed by atoms with Gasteiger partial charge in [0.15, 0.2) is 0 Å². The van der Waals surface area contributed by atoms with Gasteiger partial charge >= 0.3 is 0 Å². The molecule has 0 spiro atoms. The van der Waals surface area contributed by atoms with E-state index in [4.69, 9.17) is 0 Å². The standard InChI is InChI=1S/C24H28FN/c25-21-9-7-18(8-10-21)22-3-1-2-4-23(22)19-11-13-26(14-12-19)24-16-17-5-6-20(24)15-17/h1-4,7-10,17,19-20,24H,5-6,11-16H2/t17-,20?,24-/m0/s1. The van der Waals surface area contributed by atoms with Gasteiger partial charge < -0.3 is 4.90 Å². The predicted octanol–water partition coefficient (Wildman–Crippen LogP) is 5.86. The van der Waals surface area contributed by atoms with Crippen LogP contribution in [0.25, 0.3) is 11.1 Å². The van der Waals surface area contributed by atoms with E-state index < -0.39 is 0 Å². The van der Waals surface area contributed by atoms with Crippen LogP contribution in [0.5, 0.6) is 0 Å². The summed E-state index contributed by atoms with van der Waals surface area (Å²) in [6, 6.07) is 16.6. The van der Waals surface area contributed by atoms with E-state index in [0.29, 0.717) is 5.92 Å². The molecule has 3 fully saturated rings. The predicted molar refractivity (Wildman–Crippen MR) is 105 cm³/mol. The number of piperidine rings is 1. The molecule has 2 aromatic carbocycles.